The van der Waals surface area contributed by atoms with Crippen LogP contribution in [0.3, 0.4) is 0 Å². The number of aromatic nitrogens is 1. The first-order chi connectivity index (χ1) is 15.7. The molecular formula is C25H24ClN3O3S. The Labute approximate surface area is 201 Å². The molecule has 3 aromatic rings. The van der Waals surface area contributed by atoms with E-state index in [4.69, 9.17) is 22.1 Å². The van der Waals surface area contributed by atoms with Gasteiger partial charge in [-0.05, 0) is 73.4 Å². The molecule has 0 saturated heterocycles. The summed E-state index contributed by atoms with van der Waals surface area (Å²) in [5.41, 5.74) is 10.4. The molecule has 1 aromatic carbocycles. The second kappa shape index (κ2) is 9.37. The molecule has 0 bridgehead atoms. The molecule has 33 heavy (non-hydrogen) atoms. The first kappa shape index (κ1) is 23.0. The number of rotatable bonds is 6. The van der Waals surface area contributed by atoms with Crippen molar-refractivity contribution in [1.29, 1.82) is 0 Å². The molecule has 6 nitrogen and oxygen atoms in total. The number of benzene rings is 1. The van der Waals surface area contributed by atoms with Crippen molar-refractivity contribution in [2.75, 3.05) is 12.3 Å². The van der Waals surface area contributed by atoms with Gasteiger partial charge in [0.05, 0.1) is 16.4 Å². The van der Waals surface area contributed by atoms with Crippen molar-refractivity contribution in [3.63, 3.8) is 0 Å². The fourth-order valence-electron chi connectivity index (χ4n) is 3.80. The Balaban J connectivity index is 1.43. The second-order valence-electron chi connectivity index (χ2n) is 8.05. The lowest BCUT2D eigenvalue weighted by atomic mass is 10.0. The fraction of sp³-hybridized carbons (Fsp3) is 0.240. The lowest BCUT2D eigenvalue weighted by Crippen LogP contribution is -2.33. The summed E-state index contributed by atoms with van der Waals surface area (Å²) in [4.78, 5) is 30.0. The Bertz CT molecular complexity index is 1260. The predicted octanol–water partition coefficient (Wildman–Crippen LogP) is 5.00. The fourth-order valence-corrected chi connectivity index (χ4v) is 5.28. The molecule has 0 saturated carbocycles. The standard InChI is InChI=1S/C25H24ClN3O3S/c1-13-14(2)25(33-24(13)15(3)30)18-8-17-9-19(32-23(17)20(26)10-18)12-29-22(31)7-5-16-4-6-21(27)28-11-16/h4-8,10-11,19H,9,12H2,1-3H3,(H2,27,28)(H,29,31)/b7-5+. The van der Waals surface area contributed by atoms with Crippen LogP contribution < -0.4 is 15.8 Å². The number of nitrogens with zero attached hydrogens (tertiary/aromatic N) is 1. The monoisotopic (exact) mass is 481 g/mol. The maximum Gasteiger partial charge on any atom is 0.244 e. The number of ether oxygens (including phenoxy) is 1. The highest BCUT2D eigenvalue weighted by atomic mass is 35.5. The van der Waals surface area contributed by atoms with Gasteiger partial charge in [0.15, 0.2) is 5.78 Å². The van der Waals surface area contributed by atoms with Crippen LogP contribution in [0.4, 0.5) is 5.82 Å². The number of Topliss-reactive ketones (excluding diaryl/α,β-unsaturated/α-hetero) is 1. The number of pyridine rings is 1. The number of thiophene rings is 1. The molecule has 1 aliphatic heterocycles. The molecule has 4 rings (SSSR count). The van der Waals surface area contributed by atoms with Crippen molar-refractivity contribution in [2.24, 2.45) is 0 Å². The first-order valence-electron chi connectivity index (χ1n) is 10.5. The molecule has 1 unspecified atom stereocenters. The number of hydrogen-bond donors (Lipinski definition) is 2. The molecule has 1 aliphatic rings. The summed E-state index contributed by atoms with van der Waals surface area (Å²) in [7, 11) is 0. The highest BCUT2D eigenvalue weighted by Gasteiger charge is 2.27. The average Bonchev–Trinajstić information content (AvgIpc) is 3.33. The lowest BCUT2D eigenvalue weighted by Gasteiger charge is -2.11. The van der Waals surface area contributed by atoms with Crippen LogP contribution in [0.1, 0.15) is 38.8 Å². The highest BCUT2D eigenvalue weighted by Crippen LogP contribution is 2.43. The van der Waals surface area contributed by atoms with E-state index >= 15 is 0 Å². The number of halogens is 1. The number of carbonyl (C=O) groups excluding carboxylic acids is 2. The van der Waals surface area contributed by atoms with E-state index in [9.17, 15) is 9.59 Å². The maximum atomic E-state index is 12.2. The van der Waals surface area contributed by atoms with Crippen molar-refractivity contribution in [1.82, 2.24) is 10.3 Å². The van der Waals surface area contributed by atoms with Crippen LogP contribution in [-0.2, 0) is 11.2 Å². The Kier molecular flexibility index (Phi) is 6.54. The topological polar surface area (TPSA) is 94.3 Å². The third-order valence-corrected chi connectivity index (χ3v) is 7.45. The van der Waals surface area contributed by atoms with E-state index in [1.165, 1.54) is 17.4 Å². The number of amides is 1. The molecule has 2 aromatic heterocycles. The minimum Gasteiger partial charge on any atom is -0.486 e. The predicted molar refractivity (Wildman–Crippen MR) is 133 cm³/mol. The van der Waals surface area contributed by atoms with Crippen molar-refractivity contribution >= 4 is 46.5 Å². The van der Waals surface area contributed by atoms with Crippen LogP contribution in [0.5, 0.6) is 5.75 Å². The number of carbonyl (C=O) groups is 2. The number of fused-ring (bicyclic) bond motifs is 1. The van der Waals surface area contributed by atoms with E-state index in [-0.39, 0.29) is 17.8 Å². The van der Waals surface area contributed by atoms with E-state index in [2.05, 4.69) is 16.4 Å². The minimum atomic E-state index is -0.223. The Morgan fingerprint density at radius 3 is 2.76 bits per heavy atom. The zero-order valence-corrected chi connectivity index (χ0v) is 20.1. The van der Waals surface area contributed by atoms with Gasteiger partial charge in [0.2, 0.25) is 5.91 Å². The number of nitrogen functional groups attached to an aromatic ring is 1. The molecule has 0 aliphatic carbocycles. The van der Waals surface area contributed by atoms with Gasteiger partial charge >= 0.3 is 0 Å². The van der Waals surface area contributed by atoms with Crippen LogP contribution in [0.2, 0.25) is 5.02 Å². The average molecular weight is 482 g/mol. The molecule has 170 valence electrons. The summed E-state index contributed by atoms with van der Waals surface area (Å²) in [5, 5.41) is 3.39. The number of nitrogens with one attached hydrogen (secondary N) is 1. The summed E-state index contributed by atoms with van der Waals surface area (Å²) in [5.74, 6) is 0.931. The summed E-state index contributed by atoms with van der Waals surface area (Å²) in [6, 6.07) is 7.42. The van der Waals surface area contributed by atoms with Crippen LogP contribution in [0.15, 0.2) is 36.5 Å². The number of nitrogens with two attached hydrogens (primary N) is 1. The SMILES string of the molecule is CC(=O)c1sc(-c2cc(Cl)c3c(c2)CC(CNC(=O)/C=C/c2ccc(N)nc2)O3)c(C)c1C. The van der Waals surface area contributed by atoms with E-state index in [0.29, 0.717) is 29.6 Å². The summed E-state index contributed by atoms with van der Waals surface area (Å²) in [6.45, 7) is 5.94. The molecule has 0 spiro atoms. The summed E-state index contributed by atoms with van der Waals surface area (Å²) in [6.07, 6.45) is 5.16. The van der Waals surface area contributed by atoms with Gasteiger partial charge in [0.25, 0.3) is 0 Å². The van der Waals surface area contributed by atoms with Gasteiger partial charge in [-0.15, -0.1) is 11.3 Å². The molecule has 1 atom stereocenters. The Morgan fingerprint density at radius 2 is 2.09 bits per heavy atom. The number of hydrogen-bond acceptors (Lipinski definition) is 6. The zero-order valence-electron chi connectivity index (χ0n) is 18.6. The largest absolute Gasteiger partial charge is 0.486 e. The molecule has 0 fully saturated rings. The van der Waals surface area contributed by atoms with E-state index in [1.54, 1.807) is 31.3 Å². The van der Waals surface area contributed by atoms with Crippen molar-refractivity contribution in [3.05, 3.63) is 68.7 Å². The number of ketones is 1. The van der Waals surface area contributed by atoms with Gasteiger partial charge in [-0.2, -0.15) is 0 Å². The maximum absolute atomic E-state index is 12.2. The van der Waals surface area contributed by atoms with Gasteiger partial charge in [-0.3, -0.25) is 9.59 Å². The van der Waals surface area contributed by atoms with Crippen molar-refractivity contribution < 1.29 is 14.3 Å². The minimum absolute atomic E-state index is 0.0694. The number of anilines is 1. The molecular weight excluding hydrogens is 458 g/mol. The van der Waals surface area contributed by atoms with Crippen LogP contribution in [-0.4, -0.2) is 29.3 Å². The smallest absolute Gasteiger partial charge is 0.244 e. The van der Waals surface area contributed by atoms with Gasteiger partial charge in [0.1, 0.15) is 17.7 Å². The van der Waals surface area contributed by atoms with Crippen LogP contribution >= 0.6 is 22.9 Å². The summed E-state index contributed by atoms with van der Waals surface area (Å²) < 4.78 is 6.01. The van der Waals surface area contributed by atoms with Crippen molar-refractivity contribution in [2.45, 2.75) is 33.3 Å². The summed E-state index contributed by atoms with van der Waals surface area (Å²) >= 11 is 8.04. The van der Waals surface area contributed by atoms with Gasteiger partial charge in [-0.25, -0.2) is 4.98 Å². The second-order valence-corrected chi connectivity index (χ2v) is 9.48. The van der Waals surface area contributed by atoms with Gasteiger partial charge in [0, 0.05) is 29.1 Å². The first-order valence-corrected chi connectivity index (χ1v) is 11.7. The van der Waals surface area contributed by atoms with Crippen molar-refractivity contribution in [3.8, 4) is 16.2 Å². The normalized spacial score (nSPS) is 14.8. The zero-order chi connectivity index (χ0) is 23.7. The van der Waals surface area contributed by atoms with E-state index < -0.39 is 0 Å². The highest BCUT2D eigenvalue weighted by molar-refractivity contribution is 7.17. The molecule has 3 N–H and O–H groups in total. The van der Waals surface area contributed by atoms with Gasteiger partial charge < -0.3 is 15.8 Å². The Morgan fingerprint density at radius 1 is 1.30 bits per heavy atom. The third-order valence-electron chi connectivity index (χ3n) is 5.62. The van der Waals surface area contributed by atoms with E-state index in [0.717, 1.165) is 37.6 Å². The molecule has 3 heterocycles. The quantitative estimate of drug-likeness (QED) is 0.381. The molecule has 1 amide bonds. The van der Waals surface area contributed by atoms with Crippen LogP contribution in [0, 0.1) is 13.8 Å². The van der Waals surface area contributed by atoms with E-state index in [1.807, 2.05) is 19.9 Å². The molecule has 8 heteroatoms. The Hall–Kier alpha value is -3.16. The lowest BCUT2D eigenvalue weighted by molar-refractivity contribution is -0.116. The molecule has 0 radical (unpaired) electrons. The third kappa shape index (κ3) is 4.94. The van der Waals surface area contributed by atoms with Crippen LogP contribution in [0.25, 0.3) is 16.5 Å². The van der Waals surface area contributed by atoms with Gasteiger partial charge in [-0.1, -0.05) is 11.6 Å².